The number of hydrogen-bond acceptors (Lipinski definition) is 5. The molecule has 0 unspecified atom stereocenters. The highest BCUT2D eigenvalue weighted by molar-refractivity contribution is 6.34. The van der Waals surface area contributed by atoms with Crippen LogP contribution < -0.4 is 10.6 Å². The summed E-state index contributed by atoms with van der Waals surface area (Å²) in [5.74, 6) is -0.616. The first-order valence-corrected chi connectivity index (χ1v) is 12.5. The van der Waals surface area contributed by atoms with Crippen LogP contribution in [0.5, 0.6) is 0 Å². The fourth-order valence-electron chi connectivity index (χ4n) is 4.32. The first kappa shape index (κ1) is 28.4. The molecule has 4 rings (SSSR count). The van der Waals surface area contributed by atoms with Crippen LogP contribution in [0.4, 0.5) is 19.3 Å². The molecule has 2 N–H and O–H groups in total. The fourth-order valence-corrected chi connectivity index (χ4v) is 4.59. The number of anilines is 1. The highest BCUT2D eigenvalue weighted by atomic mass is 35.5. The Morgan fingerprint density at radius 1 is 1.16 bits per heavy atom. The molecule has 2 amide bonds. The number of likely N-dealkylation sites (tertiary alicyclic amines) is 2. The van der Waals surface area contributed by atoms with Crippen molar-refractivity contribution in [2.75, 3.05) is 45.2 Å². The second-order valence-electron chi connectivity index (χ2n) is 8.89. The number of nitrogens with zero attached hydrogens (tertiary/aromatic N) is 2. The Bertz CT molecular complexity index is 1040. The Hall–Kier alpha value is -3.17. The van der Waals surface area contributed by atoms with Crippen molar-refractivity contribution in [1.29, 1.82) is 0 Å². The van der Waals surface area contributed by atoms with Gasteiger partial charge in [0.1, 0.15) is 0 Å². The average molecular weight is 535 g/mol. The third kappa shape index (κ3) is 8.43. The van der Waals surface area contributed by atoms with Crippen molar-refractivity contribution in [3.8, 4) is 0 Å². The lowest BCUT2D eigenvalue weighted by Gasteiger charge is -2.47. The summed E-state index contributed by atoms with van der Waals surface area (Å²) in [5.41, 5.74) is 2.13. The van der Waals surface area contributed by atoms with E-state index in [4.69, 9.17) is 16.3 Å². The molecular formula is C27H33ClF2N4O3. The molecular weight excluding hydrogens is 502 g/mol. The van der Waals surface area contributed by atoms with Gasteiger partial charge in [-0.15, -0.1) is 0 Å². The molecule has 0 radical (unpaired) electrons. The maximum Gasteiger partial charge on any atom is 0.409 e. The number of methoxy groups -OCH3 is 1. The largest absolute Gasteiger partial charge is 0.453 e. The predicted molar refractivity (Wildman–Crippen MR) is 142 cm³/mol. The van der Waals surface area contributed by atoms with Gasteiger partial charge in [0.2, 0.25) is 0 Å². The van der Waals surface area contributed by atoms with Crippen LogP contribution in [0.2, 0.25) is 5.02 Å². The van der Waals surface area contributed by atoms with E-state index in [0.29, 0.717) is 19.1 Å². The van der Waals surface area contributed by atoms with Crippen LogP contribution in [0.3, 0.4) is 0 Å². The van der Waals surface area contributed by atoms with E-state index in [-0.39, 0.29) is 22.7 Å². The molecule has 2 aliphatic rings. The number of amides is 2. The van der Waals surface area contributed by atoms with Crippen LogP contribution in [0.15, 0.2) is 55.1 Å². The minimum atomic E-state index is -2.60. The number of halogens is 3. The van der Waals surface area contributed by atoms with Gasteiger partial charge >= 0.3 is 6.09 Å². The Labute approximate surface area is 221 Å². The Kier molecular flexibility index (Phi) is 10.7. The lowest BCUT2D eigenvalue weighted by atomic mass is 9.97. The number of nitrogens with one attached hydrogen (secondary N) is 2. The first-order chi connectivity index (χ1) is 17.8. The van der Waals surface area contributed by atoms with Gasteiger partial charge < -0.3 is 20.3 Å². The van der Waals surface area contributed by atoms with Gasteiger partial charge in [-0.25, -0.2) is 13.6 Å². The number of rotatable bonds is 7. The summed E-state index contributed by atoms with van der Waals surface area (Å²) in [6, 6.07) is 15.6. The molecule has 2 heterocycles. The van der Waals surface area contributed by atoms with E-state index in [1.807, 2.05) is 36.4 Å². The molecule has 0 atom stereocenters. The van der Waals surface area contributed by atoms with Crippen molar-refractivity contribution in [2.45, 2.75) is 31.4 Å². The molecule has 200 valence electrons. The van der Waals surface area contributed by atoms with Crippen molar-refractivity contribution in [3.63, 3.8) is 0 Å². The molecule has 2 fully saturated rings. The van der Waals surface area contributed by atoms with Gasteiger partial charge in [-0.3, -0.25) is 9.69 Å². The number of benzene rings is 2. The molecule has 0 saturated carbocycles. The third-order valence-corrected chi connectivity index (χ3v) is 6.67. The maximum absolute atomic E-state index is 12.2. The molecule has 37 heavy (non-hydrogen) atoms. The molecule has 2 saturated heterocycles. The molecule has 0 bridgehead atoms. The Morgan fingerprint density at radius 3 is 2.38 bits per heavy atom. The summed E-state index contributed by atoms with van der Waals surface area (Å²) in [7, 11) is 1.40. The fraction of sp³-hybridized carbons (Fsp3) is 0.407. The van der Waals surface area contributed by atoms with E-state index in [0.717, 1.165) is 31.6 Å². The zero-order chi connectivity index (χ0) is 26.8. The summed E-state index contributed by atoms with van der Waals surface area (Å²) in [5, 5.41) is 5.74. The van der Waals surface area contributed by atoms with Crippen molar-refractivity contribution < 1.29 is 23.1 Å². The van der Waals surface area contributed by atoms with Gasteiger partial charge in [0.15, 0.2) is 0 Å². The van der Waals surface area contributed by atoms with E-state index in [1.165, 1.54) is 18.7 Å². The molecule has 0 spiro atoms. The predicted octanol–water partition coefficient (Wildman–Crippen LogP) is 4.99. The van der Waals surface area contributed by atoms with Crippen LogP contribution in [-0.2, 0) is 4.74 Å². The van der Waals surface area contributed by atoms with E-state index in [1.54, 1.807) is 17.0 Å². The molecule has 10 heteroatoms. The normalized spacial score (nSPS) is 16.3. The van der Waals surface area contributed by atoms with Gasteiger partial charge in [0.25, 0.3) is 12.3 Å². The number of hydrogen-bond donors (Lipinski definition) is 2. The zero-order valence-corrected chi connectivity index (χ0v) is 21.6. The van der Waals surface area contributed by atoms with Gasteiger partial charge in [-0.1, -0.05) is 54.6 Å². The van der Waals surface area contributed by atoms with Crippen molar-refractivity contribution in [2.24, 2.45) is 0 Å². The molecule has 2 aromatic carbocycles. The second-order valence-corrected chi connectivity index (χ2v) is 9.30. The smallest absolute Gasteiger partial charge is 0.409 e. The topological polar surface area (TPSA) is 73.9 Å². The van der Waals surface area contributed by atoms with Gasteiger partial charge in [0.05, 0.1) is 30.3 Å². The minimum absolute atomic E-state index is 0.172. The SMILES string of the molecule is C=Cc1ccccc1.COC(=O)N1CCC(N2CC(Nc3ccc(C(=O)NCC(F)F)c(Cl)c3)C2)CC1. The summed E-state index contributed by atoms with van der Waals surface area (Å²) < 4.78 is 29.2. The number of alkyl halides is 2. The monoisotopic (exact) mass is 534 g/mol. The van der Waals surface area contributed by atoms with Crippen molar-refractivity contribution >= 4 is 35.4 Å². The van der Waals surface area contributed by atoms with Crippen molar-refractivity contribution in [3.05, 3.63) is 71.3 Å². The molecule has 2 aliphatic heterocycles. The van der Waals surface area contributed by atoms with Crippen LogP contribution in [0.25, 0.3) is 6.08 Å². The number of piperidine rings is 1. The lowest BCUT2D eigenvalue weighted by Crippen LogP contribution is -2.60. The number of carbonyl (C=O) groups excluding carboxylic acids is 2. The molecule has 0 aromatic heterocycles. The van der Waals surface area contributed by atoms with E-state index in [2.05, 4.69) is 22.1 Å². The van der Waals surface area contributed by atoms with Crippen LogP contribution in [0.1, 0.15) is 28.8 Å². The number of carbonyl (C=O) groups is 2. The summed E-state index contributed by atoms with van der Waals surface area (Å²) in [4.78, 5) is 27.6. The maximum atomic E-state index is 12.2. The number of ether oxygens (including phenoxy) is 1. The lowest BCUT2D eigenvalue weighted by molar-refractivity contribution is 0.0496. The quantitative estimate of drug-likeness (QED) is 0.523. The second kappa shape index (κ2) is 13.9. The summed E-state index contributed by atoms with van der Waals surface area (Å²) in [6.45, 7) is 6.11. The summed E-state index contributed by atoms with van der Waals surface area (Å²) in [6.07, 6.45) is 0.814. The molecule has 2 aromatic rings. The molecule has 0 aliphatic carbocycles. The van der Waals surface area contributed by atoms with Gasteiger partial charge in [-0.05, 0) is 36.6 Å². The minimum Gasteiger partial charge on any atom is -0.453 e. The van der Waals surface area contributed by atoms with E-state index >= 15 is 0 Å². The highest BCUT2D eigenvalue weighted by Crippen LogP contribution is 2.26. The average Bonchev–Trinajstić information content (AvgIpc) is 2.89. The molecule has 7 nitrogen and oxygen atoms in total. The van der Waals surface area contributed by atoms with Crippen LogP contribution >= 0.6 is 11.6 Å². The Morgan fingerprint density at radius 2 is 1.84 bits per heavy atom. The van der Waals surface area contributed by atoms with Crippen molar-refractivity contribution in [1.82, 2.24) is 15.1 Å². The standard InChI is InChI=1S/C19H25ClF2N4O3.C8H8/c1-29-19(28)25-6-4-14(5-7-25)26-10-13(11-26)24-12-2-3-15(16(20)8-12)18(27)23-9-17(21)22;1-2-8-6-4-3-5-7-8/h2-3,8,13-14,17,24H,4-7,9-11H2,1H3,(H,23,27);2-7H,1H2. The van der Waals surface area contributed by atoms with Crippen LogP contribution in [0, 0.1) is 0 Å². The zero-order valence-electron chi connectivity index (χ0n) is 20.8. The van der Waals surface area contributed by atoms with Gasteiger partial charge in [0, 0.05) is 37.9 Å². The summed E-state index contributed by atoms with van der Waals surface area (Å²) >= 11 is 6.14. The highest BCUT2D eigenvalue weighted by Gasteiger charge is 2.35. The third-order valence-electron chi connectivity index (χ3n) is 6.36. The first-order valence-electron chi connectivity index (χ1n) is 12.2. The van der Waals surface area contributed by atoms with E-state index in [9.17, 15) is 18.4 Å². The Balaban J connectivity index is 0.000000405. The van der Waals surface area contributed by atoms with Gasteiger partial charge in [-0.2, -0.15) is 0 Å². The van der Waals surface area contributed by atoms with Crippen LogP contribution in [-0.4, -0.2) is 80.1 Å². The van der Waals surface area contributed by atoms with E-state index < -0.39 is 18.9 Å².